The number of rotatable bonds is 2. The van der Waals surface area contributed by atoms with Gasteiger partial charge < -0.3 is 0 Å². The molecule has 2 rings (SSSR count). The smallest absolute Gasteiger partial charge is 0.192 e. The minimum absolute atomic E-state index is 0.470. The number of nitrogens with zero attached hydrogens (tertiary/aromatic N) is 4. The van der Waals surface area contributed by atoms with Gasteiger partial charge in [-0.05, 0) is 0 Å². The van der Waals surface area contributed by atoms with E-state index in [1.54, 1.807) is 22.3 Å². The van der Waals surface area contributed by atoms with Crippen molar-refractivity contribution in [1.82, 2.24) is 19.7 Å². The molecule has 0 fully saturated rings. The molecule has 0 N–H and O–H groups in total. The van der Waals surface area contributed by atoms with Crippen molar-refractivity contribution in [2.45, 2.75) is 19.8 Å². The summed E-state index contributed by atoms with van der Waals surface area (Å²) in [4.78, 5) is 9.55. The van der Waals surface area contributed by atoms with Gasteiger partial charge in [-0.25, -0.2) is 9.97 Å². The second kappa shape index (κ2) is 3.49. The van der Waals surface area contributed by atoms with Crippen LogP contribution in [-0.2, 0) is 7.05 Å². The summed E-state index contributed by atoms with van der Waals surface area (Å²) in [6.45, 7) is 4.27. The van der Waals surface area contributed by atoms with Crippen LogP contribution in [0.15, 0.2) is 12.5 Å². The highest BCUT2D eigenvalue weighted by Crippen LogP contribution is 2.26. The minimum Gasteiger partial charge on any atom is -0.255 e. The highest BCUT2D eigenvalue weighted by atomic mass is 32.1. The standard InChI is InChI=1S/C9H12N4S/c1-6(2)9-10-4-7(14-9)8-11-5-13(3)12-8/h4-6H,1-3H3. The van der Waals surface area contributed by atoms with Gasteiger partial charge >= 0.3 is 0 Å². The summed E-state index contributed by atoms with van der Waals surface area (Å²) < 4.78 is 1.70. The van der Waals surface area contributed by atoms with Gasteiger partial charge in [0.1, 0.15) is 6.33 Å². The van der Waals surface area contributed by atoms with Crippen molar-refractivity contribution in [3.05, 3.63) is 17.5 Å². The molecule has 0 radical (unpaired) electrons. The van der Waals surface area contributed by atoms with Gasteiger partial charge in [0.2, 0.25) is 0 Å². The van der Waals surface area contributed by atoms with E-state index in [9.17, 15) is 0 Å². The van der Waals surface area contributed by atoms with E-state index in [2.05, 4.69) is 28.9 Å². The van der Waals surface area contributed by atoms with Gasteiger partial charge in [-0.2, -0.15) is 5.10 Å². The molecule has 0 amide bonds. The Balaban J connectivity index is 2.33. The zero-order valence-corrected chi connectivity index (χ0v) is 9.25. The van der Waals surface area contributed by atoms with Gasteiger partial charge in [-0.1, -0.05) is 13.8 Å². The van der Waals surface area contributed by atoms with E-state index in [1.165, 1.54) is 0 Å². The van der Waals surface area contributed by atoms with Crippen LogP contribution in [-0.4, -0.2) is 19.7 Å². The molecule has 5 heteroatoms. The molecule has 0 aliphatic carbocycles. The van der Waals surface area contributed by atoms with Crippen LogP contribution in [0.5, 0.6) is 0 Å². The van der Waals surface area contributed by atoms with Crippen LogP contribution in [0, 0.1) is 0 Å². The lowest BCUT2D eigenvalue weighted by Crippen LogP contribution is -1.86. The third-order valence-electron chi connectivity index (χ3n) is 1.84. The molecule has 0 saturated carbocycles. The normalized spacial score (nSPS) is 11.1. The Bertz CT molecular complexity index is 429. The van der Waals surface area contributed by atoms with Crippen LogP contribution in [0.4, 0.5) is 0 Å². The van der Waals surface area contributed by atoms with E-state index in [4.69, 9.17) is 0 Å². The number of aromatic nitrogens is 4. The Labute approximate surface area is 86.6 Å². The monoisotopic (exact) mass is 208 g/mol. The number of thiazole rings is 1. The van der Waals surface area contributed by atoms with Gasteiger partial charge in [0.15, 0.2) is 5.82 Å². The average molecular weight is 208 g/mol. The van der Waals surface area contributed by atoms with Gasteiger partial charge in [0.05, 0.1) is 9.88 Å². The SMILES string of the molecule is CC(C)c1ncc(-c2ncn(C)n2)s1. The topological polar surface area (TPSA) is 43.6 Å². The molecule has 0 unspecified atom stereocenters. The molecule has 4 nitrogen and oxygen atoms in total. The average Bonchev–Trinajstić information content (AvgIpc) is 2.70. The zero-order chi connectivity index (χ0) is 10.1. The maximum atomic E-state index is 4.33. The summed E-state index contributed by atoms with van der Waals surface area (Å²) in [6.07, 6.45) is 3.54. The maximum Gasteiger partial charge on any atom is 0.192 e. The Hall–Kier alpha value is -1.23. The lowest BCUT2D eigenvalue weighted by molar-refractivity contribution is 0.768. The maximum absolute atomic E-state index is 4.33. The van der Waals surface area contributed by atoms with Crippen molar-refractivity contribution in [3.8, 4) is 10.7 Å². The number of hydrogen-bond acceptors (Lipinski definition) is 4. The molecular weight excluding hydrogens is 196 g/mol. The van der Waals surface area contributed by atoms with Gasteiger partial charge in [-0.3, -0.25) is 4.68 Å². The molecule has 0 aliphatic heterocycles. The van der Waals surface area contributed by atoms with E-state index in [1.807, 2.05) is 13.2 Å². The van der Waals surface area contributed by atoms with Crippen LogP contribution < -0.4 is 0 Å². The first-order valence-electron chi connectivity index (χ1n) is 4.48. The minimum atomic E-state index is 0.470. The lowest BCUT2D eigenvalue weighted by atomic mass is 10.2. The fraction of sp³-hybridized carbons (Fsp3) is 0.444. The van der Waals surface area contributed by atoms with Gasteiger partial charge in [-0.15, -0.1) is 11.3 Å². The summed E-state index contributed by atoms with van der Waals surface area (Å²) in [5.41, 5.74) is 0. The highest BCUT2D eigenvalue weighted by molar-refractivity contribution is 7.15. The Morgan fingerprint density at radius 3 is 2.64 bits per heavy atom. The Morgan fingerprint density at radius 1 is 1.36 bits per heavy atom. The van der Waals surface area contributed by atoms with Gasteiger partial charge in [0.25, 0.3) is 0 Å². The quantitative estimate of drug-likeness (QED) is 0.758. The summed E-state index contributed by atoms with van der Waals surface area (Å²) in [6, 6.07) is 0. The molecule has 0 saturated heterocycles. The highest BCUT2D eigenvalue weighted by Gasteiger charge is 2.09. The van der Waals surface area contributed by atoms with E-state index in [0.29, 0.717) is 5.92 Å². The Morgan fingerprint density at radius 2 is 2.14 bits per heavy atom. The summed E-state index contributed by atoms with van der Waals surface area (Å²) in [5, 5.41) is 5.36. The van der Waals surface area contributed by atoms with Gasteiger partial charge in [0, 0.05) is 19.2 Å². The molecule has 0 aromatic carbocycles. The van der Waals surface area contributed by atoms with Crippen LogP contribution in [0.3, 0.4) is 0 Å². The van der Waals surface area contributed by atoms with Crippen LogP contribution in [0.25, 0.3) is 10.7 Å². The first-order valence-corrected chi connectivity index (χ1v) is 5.30. The molecule has 14 heavy (non-hydrogen) atoms. The van der Waals surface area contributed by atoms with Crippen molar-refractivity contribution >= 4 is 11.3 Å². The summed E-state index contributed by atoms with van der Waals surface area (Å²) in [5.74, 6) is 1.23. The zero-order valence-electron chi connectivity index (χ0n) is 8.43. The summed E-state index contributed by atoms with van der Waals surface area (Å²) in [7, 11) is 1.86. The van der Waals surface area contributed by atoms with Crippen molar-refractivity contribution in [1.29, 1.82) is 0 Å². The molecule has 0 spiro atoms. The number of aryl methyl sites for hydroxylation is 1. The molecule has 0 atom stereocenters. The molecule has 74 valence electrons. The third kappa shape index (κ3) is 1.68. The molecule has 2 aromatic heterocycles. The predicted octanol–water partition coefficient (Wildman–Crippen LogP) is 2.06. The second-order valence-corrected chi connectivity index (χ2v) is 4.52. The van der Waals surface area contributed by atoms with Crippen molar-refractivity contribution in [2.75, 3.05) is 0 Å². The first-order chi connectivity index (χ1) is 6.66. The van der Waals surface area contributed by atoms with Crippen LogP contribution >= 0.6 is 11.3 Å². The summed E-state index contributed by atoms with van der Waals surface area (Å²) >= 11 is 1.66. The van der Waals surface area contributed by atoms with E-state index >= 15 is 0 Å². The molecule has 2 aromatic rings. The van der Waals surface area contributed by atoms with Crippen LogP contribution in [0.1, 0.15) is 24.8 Å². The molecule has 0 bridgehead atoms. The fourth-order valence-corrected chi connectivity index (χ4v) is 1.97. The first kappa shape index (κ1) is 9.33. The van der Waals surface area contributed by atoms with Crippen molar-refractivity contribution in [2.24, 2.45) is 7.05 Å². The van der Waals surface area contributed by atoms with Crippen molar-refractivity contribution in [3.63, 3.8) is 0 Å². The molecular formula is C9H12N4S. The molecule has 2 heterocycles. The molecule has 0 aliphatic rings. The van der Waals surface area contributed by atoms with E-state index < -0.39 is 0 Å². The third-order valence-corrected chi connectivity index (χ3v) is 3.13. The van der Waals surface area contributed by atoms with Crippen LogP contribution in [0.2, 0.25) is 0 Å². The largest absolute Gasteiger partial charge is 0.255 e. The fourth-order valence-electron chi connectivity index (χ4n) is 1.11. The number of hydrogen-bond donors (Lipinski definition) is 0. The van der Waals surface area contributed by atoms with E-state index in [-0.39, 0.29) is 0 Å². The predicted molar refractivity (Wildman–Crippen MR) is 56.2 cm³/mol. The lowest BCUT2D eigenvalue weighted by Gasteiger charge is -1.94. The van der Waals surface area contributed by atoms with Crippen molar-refractivity contribution < 1.29 is 0 Å². The van der Waals surface area contributed by atoms with E-state index in [0.717, 1.165) is 15.7 Å². The Kier molecular flexibility index (Phi) is 2.33. The second-order valence-electron chi connectivity index (χ2n) is 3.46.